The van der Waals surface area contributed by atoms with Crippen molar-refractivity contribution < 1.29 is 9.84 Å². The van der Waals surface area contributed by atoms with Crippen molar-refractivity contribution in [1.29, 1.82) is 0 Å². The van der Waals surface area contributed by atoms with Gasteiger partial charge in [-0.05, 0) is 38.8 Å². The number of nitrogens with zero attached hydrogens (tertiary/aromatic N) is 1. The molecule has 1 aliphatic carbocycles. The minimum atomic E-state index is -0.580. The molecule has 1 saturated carbocycles. The highest BCUT2D eigenvalue weighted by Crippen LogP contribution is 2.29. The van der Waals surface area contributed by atoms with Gasteiger partial charge in [-0.3, -0.25) is 0 Å². The van der Waals surface area contributed by atoms with Gasteiger partial charge in [-0.15, -0.1) is 0 Å². The molecule has 0 unspecified atom stereocenters. The second kappa shape index (κ2) is 6.24. The van der Waals surface area contributed by atoms with E-state index < -0.39 is 5.60 Å². The van der Waals surface area contributed by atoms with Crippen molar-refractivity contribution in [3.8, 4) is 5.88 Å². The number of ether oxygens (including phenoxy) is 1. The highest BCUT2D eigenvalue weighted by Gasteiger charge is 2.29. The number of hydrogen-bond donors (Lipinski definition) is 2. The van der Waals surface area contributed by atoms with Gasteiger partial charge in [0.15, 0.2) is 0 Å². The van der Waals surface area contributed by atoms with Gasteiger partial charge < -0.3 is 15.2 Å². The van der Waals surface area contributed by atoms with Gasteiger partial charge in [0.2, 0.25) is 5.88 Å². The summed E-state index contributed by atoms with van der Waals surface area (Å²) in [5, 5.41) is 13.8. The van der Waals surface area contributed by atoms with Gasteiger partial charge in [0.05, 0.1) is 17.4 Å². The second-order valence-electron chi connectivity index (χ2n) is 5.66. The van der Waals surface area contributed by atoms with Crippen LogP contribution in [0, 0.1) is 0 Å². The molecule has 19 heavy (non-hydrogen) atoms. The molecule has 0 aromatic carbocycles. The standard InChI is InChI=1S/C15H24N2O2/c1-12(2)19-14-13(7-6-10-16-14)17-11-15(18)8-4-3-5-9-15/h6-7,10,12,17-18H,3-5,8-9,11H2,1-2H3. The summed E-state index contributed by atoms with van der Waals surface area (Å²) in [6.07, 6.45) is 7.02. The molecule has 0 aliphatic heterocycles. The lowest BCUT2D eigenvalue weighted by molar-refractivity contribution is 0.0167. The van der Waals surface area contributed by atoms with Crippen LogP contribution in [-0.4, -0.2) is 28.3 Å². The fourth-order valence-corrected chi connectivity index (χ4v) is 2.49. The molecule has 0 bridgehead atoms. The Morgan fingerprint density at radius 3 is 2.79 bits per heavy atom. The van der Waals surface area contributed by atoms with E-state index in [2.05, 4.69) is 10.3 Å². The lowest BCUT2D eigenvalue weighted by Crippen LogP contribution is -2.38. The van der Waals surface area contributed by atoms with Crippen molar-refractivity contribution >= 4 is 5.69 Å². The van der Waals surface area contributed by atoms with Gasteiger partial charge in [-0.2, -0.15) is 0 Å². The minimum absolute atomic E-state index is 0.0909. The average Bonchev–Trinajstić information content (AvgIpc) is 2.38. The molecule has 1 aliphatic rings. The Morgan fingerprint density at radius 2 is 2.11 bits per heavy atom. The average molecular weight is 264 g/mol. The summed E-state index contributed by atoms with van der Waals surface area (Å²) < 4.78 is 5.66. The fourth-order valence-electron chi connectivity index (χ4n) is 2.49. The summed E-state index contributed by atoms with van der Waals surface area (Å²) in [7, 11) is 0. The molecule has 1 aromatic heterocycles. The minimum Gasteiger partial charge on any atom is -0.473 e. The van der Waals surface area contributed by atoms with E-state index in [0.29, 0.717) is 12.4 Å². The molecule has 4 heteroatoms. The molecule has 0 atom stereocenters. The molecule has 0 amide bonds. The maximum Gasteiger partial charge on any atom is 0.237 e. The van der Waals surface area contributed by atoms with E-state index in [9.17, 15) is 5.11 Å². The molecule has 106 valence electrons. The van der Waals surface area contributed by atoms with E-state index in [1.807, 2.05) is 26.0 Å². The summed E-state index contributed by atoms with van der Waals surface area (Å²) >= 11 is 0. The molecule has 1 aromatic rings. The van der Waals surface area contributed by atoms with E-state index in [0.717, 1.165) is 31.4 Å². The Balaban J connectivity index is 1.98. The first kappa shape index (κ1) is 14.1. The molecular formula is C15H24N2O2. The predicted octanol–water partition coefficient (Wildman–Crippen LogP) is 2.98. The summed E-state index contributed by atoms with van der Waals surface area (Å²) in [5.41, 5.74) is 0.276. The van der Waals surface area contributed by atoms with Gasteiger partial charge in [-0.25, -0.2) is 4.98 Å². The third kappa shape index (κ3) is 4.10. The topological polar surface area (TPSA) is 54.4 Å². The van der Waals surface area contributed by atoms with E-state index in [1.165, 1.54) is 6.42 Å². The number of nitrogens with one attached hydrogen (secondary N) is 1. The summed E-state index contributed by atoms with van der Waals surface area (Å²) in [5.74, 6) is 0.608. The van der Waals surface area contributed by atoms with Crippen LogP contribution in [0.15, 0.2) is 18.3 Å². The molecule has 0 saturated heterocycles. The smallest absolute Gasteiger partial charge is 0.237 e. The van der Waals surface area contributed by atoms with Crippen molar-refractivity contribution in [3.63, 3.8) is 0 Å². The highest BCUT2D eigenvalue weighted by molar-refractivity contribution is 5.52. The van der Waals surface area contributed by atoms with Gasteiger partial charge in [0.25, 0.3) is 0 Å². The zero-order valence-corrected chi connectivity index (χ0v) is 11.9. The molecule has 1 fully saturated rings. The first-order chi connectivity index (χ1) is 9.09. The third-order valence-corrected chi connectivity index (χ3v) is 3.51. The van der Waals surface area contributed by atoms with Crippen LogP contribution in [0.5, 0.6) is 5.88 Å². The zero-order valence-electron chi connectivity index (χ0n) is 11.9. The molecule has 1 heterocycles. The van der Waals surface area contributed by atoms with Crippen LogP contribution in [0.2, 0.25) is 0 Å². The van der Waals surface area contributed by atoms with Gasteiger partial charge in [0.1, 0.15) is 0 Å². The number of hydrogen-bond acceptors (Lipinski definition) is 4. The van der Waals surface area contributed by atoms with Gasteiger partial charge in [-0.1, -0.05) is 19.3 Å². The third-order valence-electron chi connectivity index (χ3n) is 3.51. The molecule has 0 radical (unpaired) electrons. The quantitative estimate of drug-likeness (QED) is 0.858. The van der Waals surface area contributed by atoms with E-state index in [-0.39, 0.29) is 6.10 Å². The highest BCUT2D eigenvalue weighted by atomic mass is 16.5. The molecular weight excluding hydrogens is 240 g/mol. The first-order valence-electron chi connectivity index (χ1n) is 7.17. The second-order valence-corrected chi connectivity index (χ2v) is 5.66. The van der Waals surface area contributed by atoms with Crippen LogP contribution in [0.25, 0.3) is 0 Å². The van der Waals surface area contributed by atoms with Crippen molar-refractivity contribution in [1.82, 2.24) is 4.98 Å². The fraction of sp³-hybridized carbons (Fsp3) is 0.667. The van der Waals surface area contributed by atoms with E-state index in [4.69, 9.17) is 4.74 Å². The Hall–Kier alpha value is -1.29. The van der Waals surface area contributed by atoms with Crippen molar-refractivity contribution in [2.24, 2.45) is 0 Å². The lowest BCUT2D eigenvalue weighted by Gasteiger charge is -2.32. The van der Waals surface area contributed by atoms with Crippen LogP contribution in [0.1, 0.15) is 46.0 Å². The Kier molecular flexibility index (Phi) is 4.64. The molecule has 2 rings (SSSR count). The molecule has 4 nitrogen and oxygen atoms in total. The predicted molar refractivity (Wildman–Crippen MR) is 76.5 cm³/mol. The van der Waals surface area contributed by atoms with E-state index >= 15 is 0 Å². The zero-order chi connectivity index (χ0) is 13.7. The summed E-state index contributed by atoms with van der Waals surface area (Å²) in [6, 6.07) is 3.82. The Labute approximate surface area is 115 Å². The van der Waals surface area contributed by atoms with Crippen LogP contribution in [0.3, 0.4) is 0 Å². The Bertz CT molecular complexity index is 401. The SMILES string of the molecule is CC(C)Oc1ncccc1NCC1(O)CCCCC1. The van der Waals surface area contributed by atoms with Crippen molar-refractivity contribution in [2.75, 3.05) is 11.9 Å². The monoisotopic (exact) mass is 264 g/mol. The Morgan fingerprint density at radius 1 is 1.37 bits per heavy atom. The van der Waals surface area contributed by atoms with Crippen molar-refractivity contribution in [2.45, 2.75) is 57.7 Å². The van der Waals surface area contributed by atoms with Crippen molar-refractivity contribution in [3.05, 3.63) is 18.3 Å². The number of aliphatic hydroxyl groups is 1. The maximum absolute atomic E-state index is 10.5. The normalized spacial score (nSPS) is 18.3. The molecule has 2 N–H and O–H groups in total. The van der Waals surface area contributed by atoms with Gasteiger partial charge in [0, 0.05) is 12.7 Å². The first-order valence-corrected chi connectivity index (χ1v) is 7.17. The molecule has 0 spiro atoms. The van der Waals surface area contributed by atoms with Crippen LogP contribution in [0.4, 0.5) is 5.69 Å². The maximum atomic E-state index is 10.5. The largest absolute Gasteiger partial charge is 0.473 e. The summed E-state index contributed by atoms with van der Waals surface area (Å²) in [6.45, 7) is 4.52. The van der Waals surface area contributed by atoms with E-state index in [1.54, 1.807) is 6.20 Å². The number of rotatable bonds is 5. The number of pyridine rings is 1. The van der Waals surface area contributed by atoms with Crippen LogP contribution < -0.4 is 10.1 Å². The van der Waals surface area contributed by atoms with Crippen LogP contribution >= 0.6 is 0 Å². The number of anilines is 1. The summed E-state index contributed by atoms with van der Waals surface area (Å²) in [4.78, 5) is 4.24. The van der Waals surface area contributed by atoms with Crippen LogP contribution in [-0.2, 0) is 0 Å². The number of aromatic nitrogens is 1. The lowest BCUT2D eigenvalue weighted by atomic mass is 9.85. The van der Waals surface area contributed by atoms with Gasteiger partial charge >= 0.3 is 0 Å².